The van der Waals surface area contributed by atoms with E-state index in [1.54, 1.807) is 6.92 Å². The molecular formula is C18H19F2NO2. The molecule has 5 heteroatoms. The van der Waals surface area contributed by atoms with E-state index in [0.717, 1.165) is 23.3 Å². The van der Waals surface area contributed by atoms with E-state index in [2.05, 4.69) is 5.32 Å². The van der Waals surface area contributed by atoms with E-state index >= 15 is 0 Å². The number of aryl methyl sites for hydroxylation is 2. The van der Waals surface area contributed by atoms with E-state index in [1.807, 2.05) is 32.0 Å². The summed E-state index contributed by atoms with van der Waals surface area (Å²) in [5, 5.41) is 2.63. The zero-order chi connectivity index (χ0) is 17.0. The minimum atomic E-state index is -0.687. The Bertz CT molecular complexity index is 696. The third kappa shape index (κ3) is 4.77. The van der Waals surface area contributed by atoms with Gasteiger partial charge in [0.15, 0.2) is 6.61 Å². The van der Waals surface area contributed by atoms with Gasteiger partial charge in [0.2, 0.25) is 0 Å². The molecule has 3 nitrogen and oxygen atoms in total. The van der Waals surface area contributed by atoms with Crippen LogP contribution >= 0.6 is 0 Å². The van der Waals surface area contributed by atoms with Crippen LogP contribution in [0.3, 0.4) is 0 Å². The molecule has 1 unspecified atom stereocenters. The molecule has 0 spiro atoms. The molecule has 0 saturated heterocycles. The van der Waals surface area contributed by atoms with Crippen molar-refractivity contribution in [3.63, 3.8) is 0 Å². The Morgan fingerprint density at radius 1 is 1.13 bits per heavy atom. The molecule has 0 heterocycles. The van der Waals surface area contributed by atoms with Gasteiger partial charge in [0.1, 0.15) is 17.4 Å². The van der Waals surface area contributed by atoms with Crippen molar-refractivity contribution in [1.82, 2.24) is 5.32 Å². The highest BCUT2D eigenvalue weighted by atomic mass is 19.1. The van der Waals surface area contributed by atoms with Crippen molar-refractivity contribution in [2.75, 3.05) is 6.61 Å². The van der Waals surface area contributed by atoms with Crippen LogP contribution in [0, 0.1) is 25.5 Å². The summed E-state index contributed by atoms with van der Waals surface area (Å²) in [4.78, 5) is 11.9. The van der Waals surface area contributed by atoms with Gasteiger partial charge in [0, 0.05) is 11.6 Å². The summed E-state index contributed by atoms with van der Waals surface area (Å²) in [5.74, 6) is -1.10. The van der Waals surface area contributed by atoms with Crippen LogP contribution in [0.2, 0.25) is 0 Å². The van der Waals surface area contributed by atoms with Crippen LogP contribution in [-0.4, -0.2) is 12.5 Å². The maximum Gasteiger partial charge on any atom is 0.258 e. The van der Waals surface area contributed by atoms with Gasteiger partial charge >= 0.3 is 0 Å². The Morgan fingerprint density at radius 3 is 2.39 bits per heavy atom. The van der Waals surface area contributed by atoms with Crippen molar-refractivity contribution in [3.8, 4) is 5.75 Å². The third-order valence-electron chi connectivity index (χ3n) is 3.37. The Balaban J connectivity index is 1.93. The summed E-state index contributed by atoms with van der Waals surface area (Å²) in [5.41, 5.74) is 2.32. The van der Waals surface area contributed by atoms with Crippen LogP contribution in [0.5, 0.6) is 5.75 Å². The lowest BCUT2D eigenvalue weighted by Crippen LogP contribution is -2.31. The van der Waals surface area contributed by atoms with Gasteiger partial charge in [-0.3, -0.25) is 4.79 Å². The van der Waals surface area contributed by atoms with E-state index in [-0.39, 0.29) is 18.1 Å². The predicted molar refractivity (Wildman–Crippen MR) is 84.3 cm³/mol. The van der Waals surface area contributed by atoms with Gasteiger partial charge in [-0.05, 0) is 50.1 Å². The highest BCUT2D eigenvalue weighted by Crippen LogP contribution is 2.18. The average Bonchev–Trinajstić information content (AvgIpc) is 2.44. The summed E-state index contributed by atoms with van der Waals surface area (Å²) >= 11 is 0. The van der Waals surface area contributed by atoms with Crippen molar-refractivity contribution in [2.24, 2.45) is 0 Å². The second-order valence-electron chi connectivity index (χ2n) is 5.57. The van der Waals surface area contributed by atoms with E-state index in [9.17, 15) is 13.6 Å². The zero-order valence-electron chi connectivity index (χ0n) is 13.3. The van der Waals surface area contributed by atoms with Crippen molar-refractivity contribution in [2.45, 2.75) is 26.8 Å². The first-order chi connectivity index (χ1) is 10.8. The summed E-state index contributed by atoms with van der Waals surface area (Å²) in [6.07, 6.45) is 0. The van der Waals surface area contributed by atoms with Crippen LogP contribution < -0.4 is 10.1 Å². The number of benzene rings is 2. The Morgan fingerprint density at radius 2 is 1.78 bits per heavy atom. The van der Waals surface area contributed by atoms with Gasteiger partial charge in [-0.25, -0.2) is 8.78 Å². The first kappa shape index (κ1) is 16.9. The number of halogens is 2. The maximum atomic E-state index is 13.7. The Hall–Kier alpha value is -2.43. The van der Waals surface area contributed by atoms with Gasteiger partial charge < -0.3 is 10.1 Å². The number of carbonyl (C=O) groups is 1. The van der Waals surface area contributed by atoms with Crippen LogP contribution in [0.25, 0.3) is 0 Å². The van der Waals surface area contributed by atoms with Crippen LogP contribution in [-0.2, 0) is 4.79 Å². The number of ether oxygens (including phenoxy) is 1. The highest BCUT2D eigenvalue weighted by molar-refractivity contribution is 5.78. The van der Waals surface area contributed by atoms with E-state index in [0.29, 0.717) is 5.75 Å². The van der Waals surface area contributed by atoms with Crippen molar-refractivity contribution in [3.05, 3.63) is 64.7 Å². The summed E-state index contributed by atoms with van der Waals surface area (Å²) < 4.78 is 32.0. The zero-order valence-corrected chi connectivity index (χ0v) is 13.3. The lowest BCUT2D eigenvalue weighted by Gasteiger charge is -2.15. The smallest absolute Gasteiger partial charge is 0.258 e. The fraction of sp³-hybridized carbons (Fsp3) is 0.278. The molecule has 2 rings (SSSR count). The van der Waals surface area contributed by atoms with Gasteiger partial charge in [-0.15, -0.1) is 0 Å². The number of nitrogens with one attached hydrogen (secondary N) is 1. The van der Waals surface area contributed by atoms with Crippen molar-refractivity contribution >= 4 is 5.91 Å². The minimum Gasteiger partial charge on any atom is -0.484 e. The lowest BCUT2D eigenvalue weighted by atomic mass is 10.1. The number of rotatable bonds is 5. The quantitative estimate of drug-likeness (QED) is 0.909. The molecule has 0 aliphatic rings. The summed E-state index contributed by atoms with van der Waals surface area (Å²) in [7, 11) is 0. The molecule has 2 aromatic carbocycles. The molecule has 122 valence electrons. The molecule has 0 radical (unpaired) electrons. The van der Waals surface area contributed by atoms with Crippen LogP contribution in [0.1, 0.15) is 29.7 Å². The minimum absolute atomic E-state index is 0.171. The number of carbonyl (C=O) groups excluding carboxylic acids is 1. The fourth-order valence-electron chi connectivity index (χ4n) is 2.38. The Labute approximate surface area is 134 Å². The Kier molecular flexibility index (Phi) is 5.32. The first-order valence-corrected chi connectivity index (χ1v) is 7.30. The molecule has 1 amide bonds. The van der Waals surface area contributed by atoms with Gasteiger partial charge in [-0.2, -0.15) is 0 Å². The second-order valence-corrected chi connectivity index (χ2v) is 5.57. The normalized spacial score (nSPS) is 11.9. The molecule has 0 aliphatic heterocycles. The molecule has 1 N–H and O–H groups in total. The topological polar surface area (TPSA) is 38.3 Å². The standard InChI is InChI=1S/C18H19F2NO2/c1-11-6-12(2)8-15(7-11)23-10-18(22)21-13(3)16-5-4-14(19)9-17(16)20/h4-9,13H,10H2,1-3H3,(H,21,22). The predicted octanol–water partition coefficient (Wildman–Crippen LogP) is 3.84. The number of amides is 1. The molecular weight excluding hydrogens is 300 g/mol. The highest BCUT2D eigenvalue weighted by Gasteiger charge is 2.14. The fourth-order valence-corrected chi connectivity index (χ4v) is 2.38. The van der Waals surface area contributed by atoms with E-state index < -0.39 is 17.7 Å². The molecule has 2 aromatic rings. The van der Waals surface area contributed by atoms with Crippen molar-refractivity contribution in [1.29, 1.82) is 0 Å². The molecule has 0 aromatic heterocycles. The monoisotopic (exact) mass is 319 g/mol. The largest absolute Gasteiger partial charge is 0.484 e. The lowest BCUT2D eigenvalue weighted by molar-refractivity contribution is -0.123. The molecule has 1 atom stereocenters. The molecule has 0 aliphatic carbocycles. The number of hydrogen-bond acceptors (Lipinski definition) is 2. The summed E-state index contributed by atoms with van der Waals surface area (Å²) in [6, 6.07) is 8.38. The van der Waals surface area contributed by atoms with E-state index in [1.165, 1.54) is 6.07 Å². The summed E-state index contributed by atoms with van der Waals surface area (Å²) in [6.45, 7) is 5.35. The maximum absolute atomic E-state index is 13.7. The van der Waals surface area contributed by atoms with Crippen LogP contribution in [0.15, 0.2) is 36.4 Å². The van der Waals surface area contributed by atoms with Gasteiger partial charge in [-0.1, -0.05) is 12.1 Å². The SMILES string of the molecule is Cc1cc(C)cc(OCC(=O)NC(C)c2ccc(F)cc2F)c1. The third-order valence-corrected chi connectivity index (χ3v) is 3.37. The van der Waals surface area contributed by atoms with Crippen LogP contribution in [0.4, 0.5) is 8.78 Å². The van der Waals surface area contributed by atoms with Crippen molar-refractivity contribution < 1.29 is 18.3 Å². The van der Waals surface area contributed by atoms with Gasteiger partial charge in [0.25, 0.3) is 5.91 Å². The average molecular weight is 319 g/mol. The number of hydrogen-bond donors (Lipinski definition) is 1. The van der Waals surface area contributed by atoms with E-state index in [4.69, 9.17) is 4.74 Å². The molecule has 0 saturated carbocycles. The molecule has 0 fully saturated rings. The molecule has 0 bridgehead atoms. The van der Waals surface area contributed by atoms with Gasteiger partial charge in [0.05, 0.1) is 6.04 Å². The second kappa shape index (κ2) is 7.22. The molecule has 23 heavy (non-hydrogen) atoms. The first-order valence-electron chi connectivity index (χ1n) is 7.30.